The molecule has 2 saturated carbocycles. The van der Waals surface area contributed by atoms with E-state index in [4.69, 9.17) is 16.5 Å². The number of hydrogen-bond acceptors (Lipinski definition) is 5. The van der Waals surface area contributed by atoms with E-state index >= 15 is 0 Å². The molecule has 4 nitrogen and oxygen atoms in total. The summed E-state index contributed by atoms with van der Waals surface area (Å²) in [5, 5.41) is 1.18. The van der Waals surface area contributed by atoms with E-state index in [-0.39, 0.29) is 5.41 Å². The molecule has 0 unspecified atom stereocenters. The number of nitrogens with zero attached hydrogens (tertiary/aromatic N) is 4. The Balaban J connectivity index is 0.000000418. The van der Waals surface area contributed by atoms with Crippen molar-refractivity contribution in [1.82, 2.24) is 14.9 Å². The Morgan fingerprint density at radius 1 is 0.920 bits per heavy atom. The topological polar surface area (TPSA) is 32.3 Å². The second-order valence-corrected chi connectivity index (χ2v) is 17.8. The number of aromatic nitrogens is 2. The van der Waals surface area contributed by atoms with E-state index in [0.717, 1.165) is 24.7 Å². The Bertz CT molecular complexity index is 1540. The SMILES string of the molecule is C=C(C)N1CCC(C)CC1.C=C(C1CCCCC1)N(CC1CCC(c2ccc(CC)c(C)c2)CC1)c1cc(-c2cnc(C(C)(C)C)s2)ccn1. The third-order valence-electron chi connectivity index (χ3n) is 11.7. The van der Waals surface area contributed by atoms with Crippen LogP contribution >= 0.6 is 11.3 Å². The summed E-state index contributed by atoms with van der Waals surface area (Å²) >= 11 is 1.81. The van der Waals surface area contributed by atoms with Crippen molar-refractivity contribution in [3.8, 4) is 10.4 Å². The minimum atomic E-state index is 0.0651. The lowest BCUT2D eigenvalue weighted by atomic mass is 9.77. The molecule has 0 amide bonds. The van der Waals surface area contributed by atoms with E-state index < -0.39 is 0 Å². The largest absolute Gasteiger partial charge is 0.376 e. The van der Waals surface area contributed by atoms with Crippen LogP contribution in [-0.4, -0.2) is 34.5 Å². The molecule has 6 rings (SSSR count). The van der Waals surface area contributed by atoms with Crippen LogP contribution < -0.4 is 4.90 Å². The van der Waals surface area contributed by atoms with Gasteiger partial charge in [0.25, 0.3) is 0 Å². The van der Waals surface area contributed by atoms with Gasteiger partial charge in [-0.2, -0.15) is 0 Å². The Hall–Kier alpha value is -2.92. The van der Waals surface area contributed by atoms with Crippen molar-refractivity contribution in [3.05, 3.63) is 89.0 Å². The zero-order chi connectivity index (χ0) is 35.8. The van der Waals surface area contributed by atoms with Gasteiger partial charge in [-0.1, -0.05) is 85.2 Å². The predicted molar refractivity (Wildman–Crippen MR) is 217 cm³/mol. The molecule has 3 fully saturated rings. The lowest BCUT2D eigenvalue weighted by molar-refractivity contribution is 0.238. The van der Waals surface area contributed by atoms with Crippen molar-refractivity contribution in [2.75, 3.05) is 24.5 Å². The van der Waals surface area contributed by atoms with E-state index in [9.17, 15) is 0 Å². The molecular formula is C45H66N4S. The highest BCUT2D eigenvalue weighted by atomic mass is 32.1. The number of anilines is 1. The van der Waals surface area contributed by atoms with Gasteiger partial charge in [-0.3, -0.25) is 0 Å². The summed E-state index contributed by atoms with van der Waals surface area (Å²) in [7, 11) is 0. The minimum absolute atomic E-state index is 0.0651. The molecule has 1 aromatic carbocycles. The average molecular weight is 695 g/mol. The predicted octanol–water partition coefficient (Wildman–Crippen LogP) is 12.5. The summed E-state index contributed by atoms with van der Waals surface area (Å²) in [6, 6.07) is 11.6. The molecule has 0 bridgehead atoms. The normalized spacial score (nSPS) is 20.6. The van der Waals surface area contributed by atoms with Gasteiger partial charge in [0.15, 0.2) is 0 Å². The standard InChI is InChI=1S/C36H49N3S.C9H17N/c1-7-28-17-18-31(21-25(28)2)30-15-13-27(14-16-30)24-39(26(3)29-11-9-8-10-12-29)34-22-32(19-20-37-34)33-23-38-35(40-33)36(4,5)6;1-8(2)10-6-4-9(3)5-7-10/h17-23,27,29-30H,3,7-16,24H2,1-2,4-6H3;9H,1,4-7H2,2-3H3. The minimum Gasteiger partial charge on any atom is -0.376 e. The molecule has 1 aliphatic heterocycles. The van der Waals surface area contributed by atoms with Gasteiger partial charge in [-0.25, -0.2) is 9.97 Å². The van der Waals surface area contributed by atoms with Crippen molar-refractivity contribution in [2.45, 2.75) is 137 Å². The van der Waals surface area contributed by atoms with Crippen molar-refractivity contribution in [2.24, 2.45) is 17.8 Å². The van der Waals surface area contributed by atoms with Crippen LogP contribution in [0.3, 0.4) is 0 Å². The van der Waals surface area contributed by atoms with Crippen molar-refractivity contribution < 1.29 is 0 Å². The van der Waals surface area contributed by atoms with Gasteiger partial charge in [0.2, 0.25) is 0 Å². The maximum absolute atomic E-state index is 4.94. The first-order valence-electron chi connectivity index (χ1n) is 19.8. The van der Waals surface area contributed by atoms with Gasteiger partial charge in [-0.05, 0) is 130 Å². The lowest BCUT2D eigenvalue weighted by Gasteiger charge is -2.37. The molecule has 50 heavy (non-hydrogen) atoms. The summed E-state index contributed by atoms with van der Waals surface area (Å²) in [5.41, 5.74) is 8.29. The van der Waals surface area contributed by atoms with E-state index in [1.54, 1.807) is 16.9 Å². The number of benzene rings is 1. The Morgan fingerprint density at radius 2 is 1.62 bits per heavy atom. The fourth-order valence-corrected chi connectivity index (χ4v) is 9.15. The Morgan fingerprint density at radius 3 is 2.22 bits per heavy atom. The van der Waals surface area contributed by atoms with Gasteiger partial charge in [-0.15, -0.1) is 11.3 Å². The highest BCUT2D eigenvalue weighted by Gasteiger charge is 2.29. The van der Waals surface area contributed by atoms with Crippen molar-refractivity contribution in [1.29, 1.82) is 0 Å². The third-order valence-corrected chi connectivity index (χ3v) is 13.2. The van der Waals surface area contributed by atoms with Gasteiger partial charge < -0.3 is 9.80 Å². The van der Waals surface area contributed by atoms with Crippen LogP contribution in [0.15, 0.2) is 67.3 Å². The highest BCUT2D eigenvalue weighted by Crippen LogP contribution is 2.40. The third kappa shape index (κ3) is 10.1. The molecule has 2 aliphatic carbocycles. The lowest BCUT2D eigenvalue weighted by Crippen LogP contribution is -2.34. The number of allylic oxidation sites excluding steroid dienone is 2. The first-order valence-corrected chi connectivity index (χ1v) is 20.6. The van der Waals surface area contributed by atoms with Crippen LogP contribution in [0.5, 0.6) is 0 Å². The monoisotopic (exact) mass is 695 g/mol. The first-order chi connectivity index (χ1) is 23.9. The van der Waals surface area contributed by atoms with Gasteiger partial charge in [0, 0.05) is 48.8 Å². The molecule has 0 spiro atoms. The molecule has 3 aromatic rings. The van der Waals surface area contributed by atoms with Gasteiger partial charge >= 0.3 is 0 Å². The van der Waals surface area contributed by atoms with Crippen LogP contribution in [-0.2, 0) is 11.8 Å². The van der Waals surface area contributed by atoms with E-state index in [1.165, 1.54) is 122 Å². The first kappa shape index (κ1) is 38.3. The number of hydrogen-bond donors (Lipinski definition) is 0. The highest BCUT2D eigenvalue weighted by molar-refractivity contribution is 7.15. The van der Waals surface area contributed by atoms with E-state index in [2.05, 4.69) is 95.2 Å². The Labute approximate surface area is 309 Å². The fourth-order valence-electron chi connectivity index (χ4n) is 8.18. The molecule has 272 valence electrons. The molecule has 1 saturated heterocycles. The number of rotatable bonds is 9. The van der Waals surface area contributed by atoms with Crippen LogP contribution in [0.4, 0.5) is 5.82 Å². The van der Waals surface area contributed by atoms with Crippen LogP contribution in [0, 0.1) is 24.7 Å². The van der Waals surface area contributed by atoms with E-state index in [1.807, 2.05) is 12.4 Å². The van der Waals surface area contributed by atoms with E-state index in [0.29, 0.717) is 17.8 Å². The zero-order valence-electron chi connectivity index (χ0n) is 32.6. The summed E-state index contributed by atoms with van der Waals surface area (Å²) in [6.07, 6.45) is 19.5. The van der Waals surface area contributed by atoms with Crippen LogP contribution in [0.25, 0.3) is 10.4 Å². The van der Waals surface area contributed by atoms with Crippen LogP contribution in [0.1, 0.15) is 140 Å². The molecule has 2 aromatic heterocycles. The quantitative estimate of drug-likeness (QED) is 0.223. The molecule has 0 radical (unpaired) electrons. The summed E-state index contributed by atoms with van der Waals surface area (Å²) < 4.78 is 0. The summed E-state index contributed by atoms with van der Waals surface area (Å²) in [4.78, 5) is 15.8. The maximum Gasteiger partial charge on any atom is 0.133 e. The van der Waals surface area contributed by atoms with Crippen molar-refractivity contribution >= 4 is 17.2 Å². The average Bonchev–Trinajstić information content (AvgIpc) is 3.63. The number of aryl methyl sites for hydroxylation is 2. The van der Waals surface area contributed by atoms with Crippen LogP contribution in [0.2, 0.25) is 0 Å². The maximum atomic E-state index is 4.94. The van der Waals surface area contributed by atoms with Crippen molar-refractivity contribution in [3.63, 3.8) is 0 Å². The fraction of sp³-hybridized carbons (Fsp3) is 0.600. The number of pyridine rings is 1. The smallest absolute Gasteiger partial charge is 0.133 e. The molecule has 3 aliphatic rings. The molecule has 0 N–H and O–H groups in total. The number of piperidine rings is 1. The van der Waals surface area contributed by atoms with Gasteiger partial charge in [0.1, 0.15) is 5.82 Å². The second kappa shape index (κ2) is 17.5. The second-order valence-electron chi connectivity index (χ2n) is 16.8. The summed E-state index contributed by atoms with van der Waals surface area (Å²) in [5.74, 6) is 3.93. The zero-order valence-corrected chi connectivity index (χ0v) is 33.4. The molecule has 0 atom stereocenters. The number of likely N-dealkylation sites (tertiary alicyclic amines) is 1. The number of thiazole rings is 1. The molecule has 5 heteroatoms. The molecular weight excluding hydrogens is 629 g/mol. The summed E-state index contributed by atoms with van der Waals surface area (Å²) in [6.45, 7) is 27.8. The Kier molecular flexibility index (Phi) is 13.4. The van der Waals surface area contributed by atoms with Gasteiger partial charge in [0.05, 0.1) is 9.88 Å². The molecule has 3 heterocycles.